The van der Waals surface area contributed by atoms with Gasteiger partial charge in [-0.25, -0.2) is 0 Å². The van der Waals surface area contributed by atoms with Crippen LogP contribution in [0.25, 0.3) is 0 Å². The fourth-order valence-electron chi connectivity index (χ4n) is 7.25. The fourth-order valence-corrected chi connectivity index (χ4v) is 7.25. The zero-order valence-electron chi connectivity index (χ0n) is 39.3. The number of hydrogen-bond acceptors (Lipinski definition) is 6. The first kappa shape index (κ1) is 56.6. The van der Waals surface area contributed by atoms with Crippen molar-refractivity contribution in [3.63, 3.8) is 0 Å². The van der Waals surface area contributed by atoms with E-state index in [1.165, 1.54) is 141 Å². The highest BCUT2D eigenvalue weighted by molar-refractivity contribution is 5.71. The monoisotopic (exact) mass is 829 g/mol. The van der Waals surface area contributed by atoms with Gasteiger partial charge in [0.15, 0.2) is 6.10 Å². The number of ether oxygens (including phenoxy) is 3. The van der Waals surface area contributed by atoms with E-state index < -0.39 is 6.10 Å². The van der Waals surface area contributed by atoms with Crippen molar-refractivity contribution in [2.45, 2.75) is 271 Å². The molecule has 0 rings (SSSR count). The van der Waals surface area contributed by atoms with Crippen molar-refractivity contribution in [3.05, 3.63) is 36.5 Å². The molecule has 0 spiro atoms. The highest BCUT2D eigenvalue weighted by Crippen LogP contribution is 2.14. The molecule has 0 bridgehead atoms. The van der Waals surface area contributed by atoms with Crippen LogP contribution in [0.2, 0.25) is 0 Å². The number of rotatable bonds is 46. The molecule has 344 valence electrons. The van der Waals surface area contributed by atoms with Crippen LogP contribution in [-0.4, -0.2) is 37.2 Å². The molecule has 0 aromatic rings. The first-order chi connectivity index (χ1) is 29.0. The molecule has 0 aliphatic rings. The zero-order chi connectivity index (χ0) is 43.0. The van der Waals surface area contributed by atoms with E-state index in [4.69, 9.17) is 14.2 Å². The van der Waals surface area contributed by atoms with Crippen LogP contribution in [-0.2, 0) is 28.6 Å². The summed E-state index contributed by atoms with van der Waals surface area (Å²) in [5.41, 5.74) is 0. The number of carbonyl (C=O) groups is 3. The zero-order valence-corrected chi connectivity index (χ0v) is 39.3. The van der Waals surface area contributed by atoms with Crippen molar-refractivity contribution < 1.29 is 28.6 Å². The van der Waals surface area contributed by atoms with Crippen molar-refractivity contribution in [1.82, 2.24) is 0 Å². The van der Waals surface area contributed by atoms with Crippen molar-refractivity contribution >= 4 is 17.9 Å². The number of allylic oxidation sites excluding steroid dienone is 6. The first-order valence-electron chi connectivity index (χ1n) is 25.5. The first-order valence-corrected chi connectivity index (χ1v) is 25.5. The summed E-state index contributed by atoms with van der Waals surface area (Å²) >= 11 is 0. The second-order valence-corrected chi connectivity index (χ2v) is 17.1. The van der Waals surface area contributed by atoms with Crippen LogP contribution in [0.5, 0.6) is 0 Å². The van der Waals surface area contributed by atoms with Gasteiger partial charge in [0, 0.05) is 19.3 Å². The molecule has 0 radical (unpaired) electrons. The van der Waals surface area contributed by atoms with Gasteiger partial charge in [-0.1, -0.05) is 211 Å². The predicted molar refractivity (Wildman–Crippen MR) is 252 cm³/mol. The van der Waals surface area contributed by atoms with Gasteiger partial charge in [0.1, 0.15) is 13.2 Å². The third kappa shape index (κ3) is 46.5. The lowest BCUT2D eigenvalue weighted by atomic mass is 10.1. The van der Waals surface area contributed by atoms with Gasteiger partial charge < -0.3 is 14.2 Å². The minimum atomic E-state index is -0.782. The molecule has 0 heterocycles. The lowest BCUT2D eigenvalue weighted by molar-refractivity contribution is -0.167. The number of carbonyl (C=O) groups excluding carboxylic acids is 3. The summed E-state index contributed by atoms with van der Waals surface area (Å²) in [6.07, 6.45) is 55.6. The van der Waals surface area contributed by atoms with Gasteiger partial charge >= 0.3 is 17.9 Å². The fraction of sp³-hybridized carbons (Fsp3) is 0.830. The van der Waals surface area contributed by atoms with Gasteiger partial charge in [0.05, 0.1) is 0 Å². The molecule has 59 heavy (non-hydrogen) atoms. The molecule has 0 aliphatic carbocycles. The van der Waals surface area contributed by atoms with Gasteiger partial charge in [-0.2, -0.15) is 0 Å². The quantitative estimate of drug-likeness (QED) is 0.0200. The van der Waals surface area contributed by atoms with Crippen molar-refractivity contribution in [2.24, 2.45) is 0 Å². The van der Waals surface area contributed by atoms with Crippen LogP contribution in [0, 0.1) is 0 Å². The third-order valence-corrected chi connectivity index (χ3v) is 11.1. The Morgan fingerprint density at radius 2 is 0.610 bits per heavy atom. The molecule has 6 nitrogen and oxygen atoms in total. The third-order valence-electron chi connectivity index (χ3n) is 11.1. The summed E-state index contributed by atoms with van der Waals surface area (Å²) in [7, 11) is 0. The number of esters is 3. The lowest BCUT2D eigenvalue weighted by Gasteiger charge is -2.18. The largest absolute Gasteiger partial charge is 0.462 e. The molecule has 0 aliphatic heterocycles. The Bertz CT molecular complexity index is 1000. The van der Waals surface area contributed by atoms with Crippen LogP contribution >= 0.6 is 0 Å². The molecule has 0 amide bonds. The molecule has 0 N–H and O–H groups in total. The topological polar surface area (TPSA) is 78.9 Å². The van der Waals surface area contributed by atoms with Gasteiger partial charge in [-0.3, -0.25) is 14.4 Å². The Morgan fingerprint density at radius 3 is 0.966 bits per heavy atom. The Kier molecular flexibility index (Phi) is 46.4. The Morgan fingerprint density at radius 1 is 0.339 bits per heavy atom. The lowest BCUT2D eigenvalue weighted by Crippen LogP contribution is -2.30. The molecule has 0 aromatic heterocycles. The average molecular weight is 829 g/mol. The predicted octanol–water partition coefficient (Wildman–Crippen LogP) is 16.5. The molecule has 0 saturated heterocycles. The van der Waals surface area contributed by atoms with Crippen LogP contribution in [0.1, 0.15) is 265 Å². The second kappa shape index (κ2) is 48.3. The highest BCUT2D eigenvalue weighted by Gasteiger charge is 2.19. The van der Waals surface area contributed by atoms with E-state index in [0.717, 1.165) is 83.5 Å². The van der Waals surface area contributed by atoms with Crippen LogP contribution in [0.15, 0.2) is 36.5 Å². The van der Waals surface area contributed by atoms with Crippen LogP contribution in [0.4, 0.5) is 0 Å². The van der Waals surface area contributed by atoms with Gasteiger partial charge in [0.2, 0.25) is 0 Å². The van der Waals surface area contributed by atoms with Crippen molar-refractivity contribution in [3.8, 4) is 0 Å². The molecule has 0 fully saturated rings. The summed E-state index contributed by atoms with van der Waals surface area (Å²) in [6.45, 7) is 6.59. The summed E-state index contributed by atoms with van der Waals surface area (Å²) in [5, 5.41) is 0. The molecule has 6 heteroatoms. The molecule has 0 aromatic carbocycles. The van der Waals surface area contributed by atoms with E-state index in [0.29, 0.717) is 19.3 Å². The molecule has 1 atom stereocenters. The Balaban J connectivity index is 4.37. The Hall–Kier alpha value is -2.37. The molecular weight excluding hydrogens is 733 g/mol. The molecule has 1 unspecified atom stereocenters. The summed E-state index contributed by atoms with van der Waals surface area (Å²) in [6, 6.07) is 0. The minimum absolute atomic E-state index is 0.0818. The maximum absolute atomic E-state index is 12.8. The van der Waals surface area contributed by atoms with Crippen molar-refractivity contribution in [2.75, 3.05) is 13.2 Å². The maximum Gasteiger partial charge on any atom is 0.306 e. The number of hydrogen-bond donors (Lipinski definition) is 0. The van der Waals surface area contributed by atoms with E-state index in [1.54, 1.807) is 0 Å². The average Bonchev–Trinajstić information content (AvgIpc) is 3.23. The number of unbranched alkanes of at least 4 members (excludes halogenated alkanes) is 30. The normalized spacial score (nSPS) is 12.3. The molecule has 0 saturated carbocycles. The van der Waals surface area contributed by atoms with E-state index in [2.05, 4.69) is 57.2 Å². The molecular formula is C53H96O6. The summed E-state index contributed by atoms with van der Waals surface area (Å²) in [5.74, 6) is -0.913. The van der Waals surface area contributed by atoms with E-state index >= 15 is 0 Å². The van der Waals surface area contributed by atoms with E-state index in [9.17, 15) is 14.4 Å². The van der Waals surface area contributed by atoms with Gasteiger partial charge in [0.25, 0.3) is 0 Å². The maximum atomic E-state index is 12.8. The van der Waals surface area contributed by atoms with E-state index in [-0.39, 0.29) is 31.1 Å². The summed E-state index contributed by atoms with van der Waals surface area (Å²) in [4.78, 5) is 37.8. The summed E-state index contributed by atoms with van der Waals surface area (Å²) < 4.78 is 16.7. The Labute approximate surface area is 365 Å². The smallest absolute Gasteiger partial charge is 0.306 e. The second-order valence-electron chi connectivity index (χ2n) is 17.1. The highest BCUT2D eigenvalue weighted by atomic mass is 16.6. The SMILES string of the molecule is CCCCCCCCC/C=C\C=C/CCCCCC(=O)OCC(COC(=O)CCCCCCCCCCC)OC(=O)CCCCCCC/C=C\CCCCCCCCC. The standard InChI is InChI=1S/C53H96O6/c1-4-7-10-13-16-19-21-23-25-27-29-31-34-37-40-43-46-52(55)58-49-50(48-57-51(54)45-42-39-36-33-18-15-12-9-6-3)59-53(56)47-44-41-38-35-32-30-28-26-24-22-20-17-14-11-8-5-2/h25-29,31,50H,4-24,30,32-49H2,1-3H3/b27-25-,28-26-,31-29-. The minimum Gasteiger partial charge on any atom is -0.462 e. The van der Waals surface area contributed by atoms with E-state index in [1.807, 2.05) is 0 Å². The van der Waals surface area contributed by atoms with Crippen molar-refractivity contribution in [1.29, 1.82) is 0 Å². The van der Waals surface area contributed by atoms with Gasteiger partial charge in [-0.05, 0) is 70.6 Å². The van der Waals surface area contributed by atoms with Crippen LogP contribution < -0.4 is 0 Å². The van der Waals surface area contributed by atoms with Crippen LogP contribution in [0.3, 0.4) is 0 Å². The van der Waals surface area contributed by atoms with Gasteiger partial charge in [-0.15, -0.1) is 0 Å².